The Morgan fingerprint density at radius 3 is 2.88 bits per heavy atom. The summed E-state index contributed by atoms with van der Waals surface area (Å²) < 4.78 is 5.75. The van der Waals surface area contributed by atoms with Gasteiger partial charge in [-0.25, -0.2) is 0 Å². The van der Waals surface area contributed by atoms with Gasteiger partial charge in [-0.15, -0.1) is 0 Å². The molecule has 0 saturated heterocycles. The molecule has 1 aliphatic carbocycles. The zero-order valence-electron chi connectivity index (χ0n) is 15.7. The molecule has 2 atom stereocenters. The van der Waals surface area contributed by atoms with Crippen LogP contribution in [0.2, 0.25) is 0 Å². The fourth-order valence-corrected chi connectivity index (χ4v) is 3.63. The van der Waals surface area contributed by atoms with Crippen molar-refractivity contribution in [3.05, 3.63) is 23.3 Å². The van der Waals surface area contributed by atoms with E-state index >= 15 is 0 Å². The molecule has 0 saturated carbocycles. The minimum atomic E-state index is -0.414. The van der Waals surface area contributed by atoms with Gasteiger partial charge in [0, 0.05) is 12.1 Å². The number of carbonyl (C=O) groups excluding carboxylic acids is 1. The van der Waals surface area contributed by atoms with Crippen LogP contribution in [0.4, 0.5) is 5.69 Å². The van der Waals surface area contributed by atoms with E-state index in [1.807, 2.05) is 0 Å². The van der Waals surface area contributed by atoms with Crippen LogP contribution in [0.3, 0.4) is 0 Å². The number of unbranched alkanes of at least 4 members (excludes halogenated alkanes) is 1. The van der Waals surface area contributed by atoms with Gasteiger partial charge in [0.1, 0.15) is 5.75 Å². The minimum absolute atomic E-state index is 0.0644. The Morgan fingerprint density at radius 1 is 1.28 bits per heavy atom. The summed E-state index contributed by atoms with van der Waals surface area (Å²) in [4.78, 5) is 11.9. The highest BCUT2D eigenvalue weighted by Crippen LogP contribution is 2.39. The van der Waals surface area contributed by atoms with Gasteiger partial charge in [-0.05, 0) is 75.4 Å². The minimum Gasteiger partial charge on any atom is -0.479 e. The third kappa shape index (κ3) is 4.53. The number of amides is 1. The van der Waals surface area contributed by atoms with Crippen molar-refractivity contribution in [3.8, 4) is 5.75 Å². The molecule has 0 spiro atoms. The first kappa shape index (κ1) is 18.2. The number of rotatable bonds is 7. The third-order valence-corrected chi connectivity index (χ3v) is 5.03. The fourth-order valence-electron chi connectivity index (χ4n) is 3.63. The molecule has 1 heterocycles. The molecule has 0 aromatic heterocycles. The SMILES string of the molecule is CC(C)NCCCCNC1CCCc2cc3c(cc21)NC(=O)C(C)O3. The number of aryl methyl sites for hydroxylation is 1. The largest absolute Gasteiger partial charge is 0.479 e. The van der Waals surface area contributed by atoms with Crippen LogP contribution in [-0.4, -0.2) is 31.1 Å². The average molecular weight is 345 g/mol. The van der Waals surface area contributed by atoms with E-state index in [4.69, 9.17) is 4.74 Å². The van der Waals surface area contributed by atoms with Crippen molar-refractivity contribution in [2.24, 2.45) is 0 Å². The van der Waals surface area contributed by atoms with Crippen molar-refractivity contribution in [1.82, 2.24) is 10.6 Å². The maximum absolute atomic E-state index is 11.9. The predicted octanol–water partition coefficient (Wildman–Crippen LogP) is 3.15. The highest BCUT2D eigenvalue weighted by molar-refractivity contribution is 5.97. The van der Waals surface area contributed by atoms with E-state index in [0.717, 1.165) is 37.4 Å². The van der Waals surface area contributed by atoms with E-state index in [9.17, 15) is 4.79 Å². The quantitative estimate of drug-likeness (QED) is 0.664. The summed E-state index contributed by atoms with van der Waals surface area (Å²) in [6, 6.07) is 5.18. The maximum atomic E-state index is 11.9. The molecule has 5 heteroatoms. The lowest BCUT2D eigenvalue weighted by atomic mass is 9.86. The van der Waals surface area contributed by atoms with Crippen LogP contribution in [-0.2, 0) is 11.2 Å². The molecule has 1 aromatic carbocycles. The zero-order chi connectivity index (χ0) is 17.8. The monoisotopic (exact) mass is 345 g/mol. The van der Waals surface area contributed by atoms with Crippen molar-refractivity contribution < 1.29 is 9.53 Å². The van der Waals surface area contributed by atoms with E-state index < -0.39 is 6.10 Å². The summed E-state index contributed by atoms with van der Waals surface area (Å²) >= 11 is 0. The van der Waals surface area contributed by atoms with E-state index in [-0.39, 0.29) is 5.91 Å². The van der Waals surface area contributed by atoms with Crippen molar-refractivity contribution in [1.29, 1.82) is 0 Å². The van der Waals surface area contributed by atoms with Crippen molar-refractivity contribution in [3.63, 3.8) is 0 Å². The Balaban J connectivity index is 1.60. The zero-order valence-corrected chi connectivity index (χ0v) is 15.7. The molecule has 5 nitrogen and oxygen atoms in total. The Kier molecular flexibility index (Phi) is 5.97. The number of hydrogen-bond acceptors (Lipinski definition) is 4. The van der Waals surface area contributed by atoms with Crippen molar-refractivity contribution in [2.75, 3.05) is 18.4 Å². The smallest absolute Gasteiger partial charge is 0.265 e. The van der Waals surface area contributed by atoms with E-state index in [1.165, 1.54) is 30.4 Å². The average Bonchev–Trinajstić information content (AvgIpc) is 2.57. The molecule has 0 bridgehead atoms. The standard InChI is InChI=1S/C20H31N3O2/c1-13(2)21-9-4-5-10-22-17-8-6-7-15-11-19-18(12-16(15)17)23-20(24)14(3)25-19/h11-14,17,21-22H,4-10H2,1-3H3,(H,23,24). The van der Waals surface area contributed by atoms with Crippen LogP contribution in [0.15, 0.2) is 12.1 Å². The number of hydrogen-bond donors (Lipinski definition) is 3. The van der Waals surface area contributed by atoms with Gasteiger partial charge in [-0.3, -0.25) is 4.79 Å². The molecule has 0 radical (unpaired) electrons. The molecule has 3 rings (SSSR count). The lowest BCUT2D eigenvalue weighted by molar-refractivity contribution is -0.122. The van der Waals surface area contributed by atoms with Gasteiger partial charge in [0.2, 0.25) is 0 Å². The second-order valence-electron chi connectivity index (χ2n) is 7.51. The summed E-state index contributed by atoms with van der Waals surface area (Å²) in [6.45, 7) is 8.26. The maximum Gasteiger partial charge on any atom is 0.265 e. The van der Waals surface area contributed by atoms with Gasteiger partial charge >= 0.3 is 0 Å². The summed E-state index contributed by atoms with van der Waals surface area (Å²) in [5, 5.41) is 10.1. The number of carbonyl (C=O) groups is 1. The lowest BCUT2D eigenvalue weighted by Crippen LogP contribution is -2.35. The highest BCUT2D eigenvalue weighted by Gasteiger charge is 2.28. The Morgan fingerprint density at radius 2 is 2.08 bits per heavy atom. The number of fused-ring (bicyclic) bond motifs is 2. The number of benzene rings is 1. The van der Waals surface area contributed by atoms with Gasteiger partial charge in [0.15, 0.2) is 6.10 Å². The summed E-state index contributed by atoms with van der Waals surface area (Å²) in [7, 11) is 0. The number of ether oxygens (including phenoxy) is 1. The Labute approximate surface area is 150 Å². The number of anilines is 1. The molecule has 25 heavy (non-hydrogen) atoms. The van der Waals surface area contributed by atoms with E-state index in [0.29, 0.717) is 12.1 Å². The summed E-state index contributed by atoms with van der Waals surface area (Å²) in [5.74, 6) is 0.747. The van der Waals surface area contributed by atoms with E-state index in [2.05, 4.69) is 41.9 Å². The van der Waals surface area contributed by atoms with Crippen LogP contribution in [0.1, 0.15) is 63.6 Å². The summed E-state index contributed by atoms with van der Waals surface area (Å²) in [6.07, 6.45) is 5.39. The van der Waals surface area contributed by atoms with Gasteiger partial charge < -0.3 is 20.7 Å². The van der Waals surface area contributed by atoms with Crippen LogP contribution < -0.4 is 20.7 Å². The molecule has 0 fully saturated rings. The molecule has 3 N–H and O–H groups in total. The first-order valence-electron chi connectivity index (χ1n) is 9.65. The second kappa shape index (κ2) is 8.19. The lowest BCUT2D eigenvalue weighted by Gasteiger charge is -2.30. The van der Waals surface area contributed by atoms with Crippen LogP contribution in [0.25, 0.3) is 0 Å². The topological polar surface area (TPSA) is 62.4 Å². The van der Waals surface area contributed by atoms with Gasteiger partial charge in [0.05, 0.1) is 5.69 Å². The molecule has 2 aliphatic rings. The van der Waals surface area contributed by atoms with Gasteiger partial charge in [-0.2, -0.15) is 0 Å². The molecule has 1 amide bonds. The Bertz CT molecular complexity index is 615. The molecule has 1 aliphatic heterocycles. The normalized spacial score (nSPS) is 22.2. The molecular formula is C20H31N3O2. The predicted molar refractivity (Wildman–Crippen MR) is 101 cm³/mol. The van der Waals surface area contributed by atoms with Crippen molar-refractivity contribution >= 4 is 11.6 Å². The van der Waals surface area contributed by atoms with Crippen LogP contribution >= 0.6 is 0 Å². The molecule has 2 unspecified atom stereocenters. The molecule has 1 aromatic rings. The highest BCUT2D eigenvalue weighted by atomic mass is 16.5. The van der Waals surface area contributed by atoms with Gasteiger partial charge in [-0.1, -0.05) is 13.8 Å². The first-order valence-corrected chi connectivity index (χ1v) is 9.65. The van der Waals surface area contributed by atoms with Crippen LogP contribution in [0.5, 0.6) is 5.75 Å². The molecule has 138 valence electrons. The van der Waals surface area contributed by atoms with E-state index in [1.54, 1.807) is 6.92 Å². The Hall–Kier alpha value is -1.59. The molecular weight excluding hydrogens is 314 g/mol. The second-order valence-corrected chi connectivity index (χ2v) is 7.51. The van der Waals surface area contributed by atoms with Gasteiger partial charge in [0.25, 0.3) is 5.91 Å². The first-order chi connectivity index (χ1) is 12.0. The number of nitrogens with one attached hydrogen (secondary N) is 3. The third-order valence-electron chi connectivity index (χ3n) is 5.03. The fraction of sp³-hybridized carbons (Fsp3) is 0.650. The van der Waals surface area contributed by atoms with Crippen molar-refractivity contribution in [2.45, 2.75) is 71.1 Å². The summed E-state index contributed by atoms with van der Waals surface area (Å²) in [5.41, 5.74) is 3.49. The van der Waals surface area contributed by atoms with Crippen LogP contribution in [0, 0.1) is 0 Å².